The van der Waals surface area contributed by atoms with Crippen LogP contribution in [0.2, 0.25) is 0 Å². The number of urea groups is 1. The molecule has 0 aromatic carbocycles. The Morgan fingerprint density at radius 3 is 2.68 bits per heavy atom. The second kappa shape index (κ2) is 8.44. The SMILES string of the molecule is COC(OC)c1ccc2c(n1)N(C(=O)Nc1cc(C#N)c(C#N)cn1)CCC2. The number of rotatable bonds is 4. The lowest BCUT2D eigenvalue weighted by atomic mass is 10.1. The summed E-state index contributed by atoms with van der Waals surface area (Å²) in [5, 5.41) is 20.8. The Kier molecular flexibility index (Phi) is 5.80. The molecule has 9 nitrogen and oxygen atoms in total. The maximum atomic E-state index is 12.8. The summed E-state index contributed by atoms with van der Waals surface area (Å²) in [5.41, 5.74) is 1.81. The molecule has 2 aromatic heterocycles. The molecule has 2 amide bonds. The number of pyridine rings is 2. The summed E-state index contributed by atoms with van der Waals surface area (Å²) in [7, 11) is 3.03. The van der Waals surface area contributed by atoms with E-state index in [1.807, 2.05) is 24.3 Å². The van der Waals surface area contributed by atoms with Crippen LogP contribution in [-0.2, 0) is 15.9 Å². The van der Waals surface area contributed by atoms with E-state index < -0.39 is 12.3 Å². The molecule has 9 heteroatoms. The van der Waals surface area contributed by atoms with E-state index in [9.17, 15) is 4.79 Å². The first-order chi connectivity index (χ1) is 13.6. The number of aromatic nitrogens is 2. The third-order valence-corrected chi connectivity index (χ3v) is 4.36. The predicted molar refractivity (Wildman–Crippen MR) is 99.3 cm³/mol. The van der Waals surface area contributed by atoms with E-state index in [4.69, 9.17) is 20.0 Å². The average Bonchev–Trinajstić information content (AvgIpc) is 2.73. The number of hydrogen-bond donors (Lipinski definition) is 1. The van der Waals surface area contributed by atoms with Crippen LogP contribution in [0, 0.1) is 22.7 Å². The van der Waals surface area contributed by atoms with Crippen LogP contribution in [-0.4, -0.2) is 36.8 Å². The highest BCUT2D eigenvalue weighted by molar-refractivity contribution is 6.01. The first-order valence-electron chi connectivity index (χ1n) is 8.55. The number of anilines is 2. The van der Waals surface area contributed by atoms with Crippen LogP contribution in [0.4, 0.5) is 16.4 Å². The molecular weight excluding hydrogens is 360 g/mol. The molecule has 28 heavy (non-hydrogen) atoms. The molecule has 0 spiro atoms. The molecular formula is C19H18N6O3. The number of hydrogen-bond acceptors (Lipinski definition) is 7. The summed E-state index contributed by atoms with van der Waals surface area (Å²) >= 11 is 0. The number of aryl methyl sites for hydroxylation is 1. The number of carbonyl (C=O) groups is 1. The quantitative estimate of drug-likeness (QED) is 0.810. The Hall–Kier alpha value is -3.53. The maximum Gasteiger partial charge on any atom is 0.328 e. The first kappa shape index (κ1) is 19.2. The van der Waals surface area contributed by atoms with E-state index in [2.05, 4.69) is 15.3 Å². The Bertz CT molecular complexity index is 975. The third kappa shape index (κ3) is 3.76. The fourth-order valence-electron chi connectivity index (χ4n) is 3.00. The number of carbonyl (C=O) groups excluding carboxylic acids is 1. The van der Waals surface area contributed by atoms with Gasteiger partial charge in [0.2, 0.25) is 6.29 Å². The largest absolute Gasteiger partial charge is 0.350 e. The number of nitrogens with zero attached hydrogens (tertiary/aromatic N) is 5. The van der Waals surface area contributed by atoms with Crippen molar-refractivity contribution in [3.63, 3.8) is 0 Å². The average molecular weight is 378 g/mol. The standard InChI is InChI=1S/C19H18N6O3/c1-27-18(28-2)15-6-5-12-4-3-7-25(17(12)23-15)19(26)24-16-8-13(9-20)14(10-21)11-22-16/h5-6,8,11,18H,3-4,7H2,1-2H3,(H,22,24,26). The Morgan fingerprint density at radius 1 is 1.25 bits per heavy atom. The van der Waals surface area contributed by atoms with Crippen molar-refractivity contribution in [2.24, 2.45) is 0 Å². The zero-order valence-electron chi connectivity index (χ0n) is 15.5. The van der Waals surface area contributed by atoms with E-state index in [0.29, 0.717) is 18.1 Å². The molecule has 1 aliphatic rings. The number of fused-ring (bicyclic) bond motifs is 1. The lowest BCUT2D eigenvalue weighted by Crippen LogP contribution is -2.39. The Morgan fingerprint density at radius 2 is 2.00 bits per heavy atom. The van der Waals surface area contributed by atoms with Gasteiger partial charge >= 0.3 is 6.03 Å². The zero-order valence-corrected chi connectivity index (χ0v) is 15.5. The monoisotopic (exact) mass is 378 g/mol. The van der Waals surface area contributed by atoms with Gasteiger partial charge in [0.25, 0.3) is 0 Å². The van der Waals surface area contributed by atoms with E-state index in [1.165, 1.54) is 31.4 Å². The topological polar surface area (TPSA) is 124 Å². The summed E-state index contributed by atoms with van der Waals surface area (Å²) in [4.78, 5) is 22.9. The molecule has 1 N–H and O–H groups in total. The van der Waals surface area contributed by atoms with Gasteiger partial charge in [-0.1, -0.05) is 6.07 Å². The van der Waals surface area contributed by atoms with Gasteiger partial charge in [-0.25, -0.2) is 14.8 Å². The van der Waals surface area contributed by atoms with Gasteiger partial charge in [0.05, 0.1) is 16.8 Å². The highest BCUT2D eigenvalue weighted by atomic mass is 16.7. The van der Waals surface area contributed by atoms with Gasteiger partial charge in [0.15, 0.2) is 0 Å². The van der Waals surface area contributed by atoms with Crippen LogP contribution >= 0.6 is 0 Å². The molecule has 0 aliphatic carbocycles. The molecule has 3 rings (SSSR count). The van der Waals surface area contributed by atoms with Gasteiger partial charge in [0, 0.05) is 33.0 Å². The lowest BCUT2D eigenvalue weighted by molar-refractivity contribution is -0.108. The van der Waals surface area contributed by atoms with Crippen LogP contribution in [0.1, 0.15) is 35.1 Å². The number of ether oxygens (including phenoxy) is 2. The van der Waals surface area contributed by atoms with Crippen molar-refractivity contribution in [3.8, 4) is 12.1 Å². The summed E-state index contributed by atoms with van der Waals surface area (Å²) < 4.78 is 10.5. The summed E-state index contributed by atoms with van der Waals surface area (Å²) in [6.45, 7) is 0.487. The molecule has 1 aliphatic heterocycles. The normalized spacial score (nSPS) is 12.8. The molecule has 0 bridgehead atoms. The third-order valence-electron chi connectivity index (χ3n) is 4.36. The number of methoxy groups -OCH3 is 2. The molecule has 3 heterocycles. The molecule has 142 valence electrons. The van der Waals surface area contributed by atoms with E-state index in [0.717, 1.165) is 18.4 Å². The van der Waals surface area contributed by atoms with Gasteiger partial charge < -0.3 is 9.47 Å². The highest BCUT2D eigenvalue weighted by Crippen LogP contribution is 2.28. The van der Waals surface area contributed by atoms with Crippen LogP contribution < -0.4 is 10.2 Å². The summed E-state index contributed by atoms with van der Waals surface area (Å²) in [5.74, 6) is 0.727. The second-order valence-electron chi connectivity index (χ2n) is 6.05. The van der Waals surface area contributed by atoms with Gasteiger partial charge in [-0.2, -0.15) is 10.5 Å². The van der Waals surface area contributed by atoms with Crippen molar-refractivity contribution < 1.29 is 14.3 Å². The highest BCUT2D eigenvalue weighted by Gasteiger charge is 2.26. The maximum absolute atomic E-state index is 12.8. The van der Waals surface area contributed by atoms with Crippen LogP contribution in [0.25, 0.3) is 0 Å². The van der Waals surface area contributed by atoms with Gasteiger partial charge in [-0.15, -0.1) is 0 Å². The number of nitriles is 2. The first-order valence-corrected chi connectivity index (χ1v) is 8.55. The molecule has 0 saturated heterocycles. The molecule has 0 saturated carbocycles. The summed E-state index contributed by atoms with van der Waals surface area (Å²) in [6, 6.07) is 8.49. The fraction of sp³-hybridized carbons (Fsp3) is 0.316. The van der Waals surface area contributed by atoms with Crippen LogP contribution in [0.15, 0.2) is 24.4 Å². The van der Waals surface area contributed by atoms with Gasteiger partial charge in [0.1, 0.15) is 23.8 Å². The molecule has 0 atom stereocenters. The minimum absolute atomic E-state index is 0.148. The van der Waals surface area contributed by atoms with E-state index >= 15 is 0 Å². The second-order valence-corrected chi connectivity index (χ2v) is 6.05. The van der Waals surface area contributed by atoms with Crippen molar-refractivity contribution in [1.82, 2.24) is 9.97 Å². The van der Waals surface area contributed by atoms with Crippen LogP contribution in [0.3, 0.4) is 0 Å². The van der Waals surface area contributed by atoms with Crippen molar-refractivity contribution >= 4 is 17.7 Å². The van der Waals surface area contributed by atoms with Crippen molar-refractivity contribution in [2.45, 2.75) is 19.1 Å². The van der Waals surface area contributed by atoms with Crippen LogP contribution in [0.5, 0.6) is 0 Å². The Labute approximate surface area is 162 Å². The lowest BCUT2D eigenvalue weighted by Gasteiger charge is -2.29. The van der Waals surface area contributed by atoms with Crippen molar-refractivity contribution in [1.29, 1.82) is 10.5 Å². The Balaban J connectivity index is 1.87. The minimum Gasteiger partial charge on any atom is -0.350 e. The number of amides is 2. The smallest absolute Gasteiger partial charge is 0.328 e. The van der Waals surface area contributed by atoms with Gasteiger partial charge in [-0.05, 0) is 24.5 Å². The molecule has 2 aromatic rings. The molecule has 0 fully saturated rings. The molecule has 0 unspecified atom stereocenters. The van der Waals surface area contributed by atoms with E-state index in [-0.39, 0.29) is 16.9 Å². The fourth-order valence-corrected chi connectivity index (χ4v) is 3.00. The molecule has 0 radical (unpaired) electrons. The van der Waals surface area contributed by atoms with Gasteiger partial charge in [-0.3, -0.25) is 10.2 Å². The minimum atomic E-state index is -0.629. The van der Waals surface area contributed by atoms with Crippen molar-refractivity contribution in [3.05, 3.63) is 46.8 Å². The van der Waals surface area contributed by atoms with E-state index in [1.54, 1.807) is 0 Å². The zero-order chi connectivity index (χ0) is 20.1. The van der Waals surface area contributed by atoms with Crippen molar-refractivity contribution in [2.75, 3.05) is 31.0 Å². The predicted octanol–water partition coefficient (Wildman–Crippen LogP) is 2.50. The summed E-state index contributed by atoms with van der Waals surface area (Å²) in [6.07, 6.45) is 2.24. The number of nitrogens with one attached hydrogen (secondary N) is 1.